The minimum atomic E-state index is -1.70. The quantitative estimate of drug-likeness (QED) is 0.492. The van der Waals surface area contributed by atoms with Crippen molar-refractivity contribution in [2.24, 2.45) is 0 Å². The molecule has 13 heavy (non-hydrogen) atoms. The zero-order chi connectivity index (χ0) is 10.2. The predicted molar refractivity (Wildman–Crippen MR) is 58.5 cm³/mol. The average Bonchev–Trinajstić information content (AvgIpc) is 1.78. The Morgan fingerprint density at radius 2 is 1.62 bits per heavy atom. The summed E-state index contributed by atoms with van der Waals surface area (Å²) in [4.78, 5) is 3.69. The molecule has 1 aromatic rings. The molecule has 0 aliphatic carbocycles. The van der Waals surface area contributed by atoms with Crippen LogP contribution in [0, 0.1) is 0 Å². The Balaban J connectivity index is 3.38. The largest absolute Gasteiger partial charge is 0.224 e. The maximum atomic E-state index is 5.76. The SMILES string of the molecule is Clc1cc(Cl)c(C(Cl)(Cl)Cl)c(Cl)n1. The van der Waals surface area contributed by atoms with E-state index in [4.69, 9.17) is 69.6 Å². The van der Waals surface area contributed by atoms with Gasteiger partial charge >= 0.3 is 0 Å². The van der Waals surface area contributed by atoms with Crippen molar-refractivity contribution in [2.45, 2.75) is 3.79 Å². The van der Waals surface area contributed by atoms with Gasteiger partial charge in [0, 0.05) is 0 Å². The molecular formula is C6HCl6N. The Kier molecular flexibility index (Phi) is 3.84. The fourth-order valence-electron chi connectivity index (χ4n) is 0.710. The Bertz CT molecular complexity index is 307. The van der Waals surface area contributed by atoms with Crippen molar-refractivity contribution in [1.82, 2.24) is 4.98 Å². The lowest BCUT2D eigenvalue weighted by atomic mass is 10.3. The molecule has 0 aliphatic rings. The fourth-order valence-corrected chi connectivity index (χ4v) is 2.58. The molecule has 1 aromatic heterocycles. The Hall–Kier alpha value is 0.890. The number of alkyl halides is 3. The van der Waals surface area contributed by atoms with Crippen molar-refractivity contribution >= 4 is 69.6 Å². The van der Waals surface area contributed by atoms with E-state index in [0.29, 0.717) is 0 Å². The van der Waals surface area contributed by atoms with Gasteiger partial charge in [0.15, 0.2) is 0 Å². The van der Waals surface area contributed by atoms with Crippen LogP contribution in [0.25, 0.3) is 0 Å². The molecule has 0 N–H and O–H groups in total. The first kappa shape index (κ1) is 12.0. The molecule has 0 fully saturated rings. The summed E-state index contributed by atoms with van der Waals surface area (Å²) in [5.74, 6) is 0. The van der Waals surface area contributed by atoms with Crippen LogP contribution in [0.3, 0.4) is 0 Å². The van der Waals surface area contributed by atoms with Crippen LogP contribution in [0.2, 0.25) is 15.3 Å². The Morgan fingerprint density at radius 3 is 2.00 bits per heavy atom. The second kappa shape index (κ2) is 4.18. The van der Waals surface area contributed by atoms with Crippen LogP contribution in [0.1, 0.15) is 5.56 Å². The van der Waals surface area contributed by atoms with Crippen LogP contribution < -0.4 is 0 Å². The molecule has 0 spiro atoms. The molecule has 1 rings (SSSR count). The number of halogens is 6. The topological polar surface area (TPSA) is 12.9 Å². The van der Waals surface area contributed by atoms with Crippen molar-refractivity contribution < 1.29 is 0 Å². The zero-order valence-electron chi connectivity index (χ0n) is 5.79. The molecule has 0 saturated carbocycles. The molecule has 0 atom stereocenters. The summed E-state index contributed by atoms with van der Waals surface area (Å²) >= 11 is 33.8. The van der Waals surface area contributed by atoms with Crippen molar-refractivity contribution in [2.75, 3.05) is 0 Å². The minimum absolute atomic E-state index is 0.0162. The van der Waals surface area contributed by atoms with Crippen molar-refractivity contribution in [3.63, 3.8) is 0 Å². The number of nitrogens with zero attached hydrogens (tertiary/aromatic N) is 1. The predicted octanol–water partition coefficient (Wildman–Crippen LogP) is 4.87. The van der Waals surface area contributed by atoms with Gasteiger partial charge in [-0.25, -0.2) is 4.98 Å². The van der Waals surface area contributed by atoms with Crippen LogP contribution in [-0.2, 0) is 3.79 Å². The van der Waals surface area contributed by atoms with E-state index in [1.807, 2.05) is 0 Å². The lowest BCUT2D eigenvalue weighted by Crippen LogP contribution is -2.03. The summed E-state index contributed by atoms with van der Waals surface area (Å²) < 4.78 is -1.70. The Morgan fingerprint density at radius 1 is 1.08 bits per heavy atom. The van der Waals surface area contributed by atoms with E-state index in [1.54, 1.807) is 0 Å². The van der Waals surface area contributed by atoms with Crippen molar-refractivity contribution in [3.05, 3.63) is 27.0 Å². The molecule has 1 heterocycles. The van der Waals surface area contributed by atoms with Crippen LogP contribution >= 0.6 is 69.6 Å². The van der Waals surface area contributed by atoms with Crippen molar-refractivity contribution in [3.8, 4) is 0 Å². The van der Waals surface area contributed by atoms with E-state index in [-0.39, 0.29) is 20.9 Å². The van der Waals surface area contributed by atoms with Gasteiger partial charge < -0.3 is 0 Å². The lowest BCUT2D eigenvalue weighted by molar-refractivity contribution is 1.17. The van der Waals surface area contributed by atoms with Gasteiger partial charge in [-0.05, 0) is 6.07 Å². The van der Waals surface area contributed by atoms with Gasteiger partial charge in [-0.2, -0.15) is 0 Å². The van der Waals surface area contributed by atoms with E-state index in [2.05, 4.69) is 4.98 Å². The number of pyridine rings is 1. The molecule has 72 valence electrons. The summed E-state index contributed by atoms with van der Waals surface area (Å²) in [5.41, 5.74) is 0.130. The highest BCUT2D eigenvalue weighted by molar-refractivity contribution is 6.67. The molecule has 0 unspecified atom stereocenters. The first-order chi connectivity index (χ1) is 5.82. The molecule has 0 aliphatic heterocycles. The molecule has 7 heteroatoms. The van der Waals surface area contributed by atoms with Crippen LogP contribution in [0.4, 0.5) is 0 Å². The molecule has 0 aromatic carbocycles. The van der Waals surface area contributed by atoms with Gasteiger partial charge in [0.2, 0.25) is 3.79 Å². The highest BCUT2D eigenvalue weighted by atomic mass is 35.6. The molecule has 0 radical (unpaired) electrons. The van der Waals surface area contributed by atoms with E-state index >= 15 is 0 Å². The van der Waals surface area contributed by atoms with Crippen LogP contribution in [0.15, 0.2) is 6.07 Å². The van der Waals surface area contributed by atoms with E-state index in [0.717, 1.165) is 0 Å². The second-order valence-corrected chi connectivity index (χ2v) is 5.52. The molecule has 0 saturated heterocycles. The zero-order valence-corrected chi connectivity index (χ0v) is 10.3. The summed E-state index contributed by atoms with van der Waals surface area (Å²) in [6, 6.07) is 1.35. The maximum absolute atomic E-state index is 5.76. The lowest BCUT2D eigenvalue weighted by Gasteiger charge is -2.14. The summed E-state index contributed by atoms with van der Waals surface area (Å²) in [7, 11) is 0. The highest BCUT2D eigenvalue weighted by Crippen LogP contribution is 2.45. The number of aromatic nitrogens is 1. The minimum Gasteiger partial charge on any atom is -0.224 e. The monoisotopic (exact) mass is 297 g/mol. The highest BCUT2D eigenvalue weighted by Gasteiger charge is 2.29. The third-order valence-electron chi connectivity index (χ3n) is 1.18. The van der Waals surface area contributed by atoms with Gasteiger partial charge in [-0.3, -0.25) is 0 Å². The van der Waals surface area contributed by atoms with Gasteiger partial charge in [-0.1, -0.05) is 69.6 Å². The number of rotatable bonds is 0. The third-order valence-corrected chi connectivity index (χ3v) is 2.51. The number of hydrogen-bond acceptors (Lipinski definition) is 1. The third kappa shape index (κ3) is 2.92. The number of hydrogen-bond donors (Lipinski definition) is 0. The summed E-state index contributed by atoms with van der Waals surface area (Å²) in [6.07, 6.45) is 0. The Labute approximate surface area is 105 Å². The first-order valence-corrected chi connectivity index (χ1v) is 5.18. The normalized spacial score (nSPS) is 11.8. The van der Waals surface area contributed by atoms with Gasteiger partial charge in [0.05, 0.1) is 10.6 Å². The molecular weight excluding hydrogens is 299 g/mol. The van der Waals surface area contributed by atoms with Gasteiger partial charge in [-0.15, -0.1) is 0 Å². The molecule has 1 nitrogen and oxygen atoms in total. The van der Waals surface area contributed by atoms with E-state index < -0.39 is 3.79 Å². The molecule has 0 bridgehead atoms. The van der Waals surface area contributed by atoms with Gasteiger partial charge in [0.25, 0.3) is 0 Å². The average molecular weight is 300 g/mol. The van der Waals surface area contributed by atoms with E-state index in [1.165, 1.54) is 6.07 Å². The summed E-state index contributed by atoms with van der Waals surface area (Å²) in [5, 5.41) is 0.301. The van der Waals surface area contributed by atoms with Crippen LogP contribution in [-0.4, -0.2) is 4.98 Å². The van der Waals surface area contributed by atoms with E-state index in [9.17, 15) is 0 Å². The molecule has 0 amide bonds. The van der Waals surface area contributed by atoms with Crippen molar-refractivity contribution in [1.29, 1.82) is 0 Å². The summed E-state index contributed by atoms with van der Waals surface area (Å²) in [6.45, 7) is 0. The van der Waals surface area contributed by atoms with Crippen LogP contribution in [0.5, 0.6) is 0 Å². The fraction of sp³-hybridized carbons (Fsp3) is 0.167. The smallest absolute Gasteiger partial charge is 0.220 e. The maximum Gasteiger partial charge on any atom is 0.220 e. The second-order valence-electron chi connectivity index (χ2n) is 2.09. The standard InChI is InChI=1S/C6HCl6N/c7-2-1-3(8)13-5(9)4(2)6(10,11)12/h1H. The van der Waals surface area contributed by atoms with Gasteiger partial charge in [0.1, 0.15) is 10.3 Å². The first-order valence-electron chi connectivity index (χ1n) is 2.91.